The van der Waals surface area contributed by atoms with Gasteiger partial charge in [-0.15, -0.1) is 0 Å². The number of aliphatic hydroxyl groups is 2. The Morgan fingerprint density at radius 3 is 1.96 bits per heavy atom. The third-order valence-electron chi connectivity index (χ3n) is 4.86. The van der Waals surface area contributed by atoms with Crippen LogP contribution in [0.1, 0.15) is 84.5 Å². The number of hydrogen-bond donors (Lipinski definition) is 4. The van der Waals surface area contributed by atoms with Crippen molar-refractivity contribution in [2.75, 3.05) is 0 Å². The van der Waals surface area contributed by atoms with Crippen molar-refractivity contribution in [3.05, 3.63) is 0 Å². The Hall–Kier alpha value is -0.740. The molecule has 0 saturated heterocycles. The zero-order valence-corrected chi connectivity index (χ0v) is 17.2. The summed E-state index contributed by atoms with van der Waals surface area (Å²) in [5.41, 5.74) is 0. The maximum absolute atomic E-state index is 11.7. The first-order chi connectivity index (χ1) is 12.7. The molecule has 0 bridgehead atoms. The highest BCUT2D eigenvalue weighted by atomic mass is 32.2. The highest BCUT2D eigenvalue weighted by molar-refractivity contribution is 7.86. The van der Waals surface area contributed by atoms with Gasteiger partial charge in [0, 0.05) is 0 Å². The lowest BCUT2D eigenvalue weighted by molar-refractivity contribution is -0.240. The Kier molecular flexibility index (Phi) is 13.9. The van der Waals surface area contributed by atoms with E-state index in [4.69, 9.17) is 5.26 Å². The second-order valence-corrected chi connectivity index (χ2v) is 8.79. The van der Waals surface area contributed by atoms with Crippen molar-refractivity contribution in [1.82, 2.24) is 0 Å². The van der Waals surface area contributed by atoms with Crippen LogP contribution >= 0.6 is 0 Å². The summed E-state index contributed by atoms with van der Waals surface area (Å²) in [4.78, 5) is 15.4. The Morgan fingerprint density at radius 1 is 0.926 bits per heavy atom. The third-order valence-corrected chi connectivity index (χ3v) is 6.14. The number of aliphatic hydroxyl groups excluding tert-OH is 2. The summed E-state index contributed by atoms with van der Waals surface area (Å²) in [5, 5.41) is 27.6. The van der Waals surface area contributed by atoms with E-state index in [1.165, 1.54) is 0 Å². The van der Waals surface area contributed by atoms with E-state index >= 15 is 0 Å². The van der Waals surface area contributed by atoms with Crippen LogP contribution in [0.25, 0.3) is 0 Å². The zero-order chi connectivity index (χ0) is 20.9. The van der Waals surface area contributed by atoms with E-state index in [1.54, 1.807) is 0 Å². The molecule has 8 nitrogen and oxygen atoms in total. The Balaban J connectivity index is 4.89. The maximum Gasteiger partial charge on any atom is 0.345 e. The van der Waals surface area contributed by atoms with Crippen LogP contribution < -0.4 is 0 Å². The molecule has 4 atom stereocenters. The molecular formula is C18H36O8S. The second-order valence-electron chi connectivity index (χ2n) is 7.15. The topological polar surface area (TPSA) is 141 Å². The number of carbonyl (C=O) groups excluding carboxylic acids is 1. The molecule has 0 spiro atoms. The van der Waals surface area contributed by atoms with Crippen molar-refractivity contribution in [3.8, 4) is 0 Å². The van der Waals surface area contributed by atoms with Gasteiger partial charge in [0.25, 0.3) is 10.1 Å². The highest BCUT2D eigenvalue weighted by Crippen LogP contribution is 2.24. The van der Waals surface area contributed by atoms with E-state index in [0.29, 0.717) is 19.3 Å². The minimum atomic E-state index is -4.56. The van der Waals surface area contributed by atoms with Crippen LogP contribution in [0.2, 0.25) is 0 Å². The van der Waals surface area contributed by atoms with Gasteiger partial charge < -0.3 is 15.1 Å². The number of hydrogen-bond acceptors (Lipinski definition) is 7. The first kappa shape index (κ1) is 26.3. The van der Waals surface area contributed by atoms with Crippen LogP contribution in [0.5, 0.6) is 0 Å². The molecule has 0 aliphatic rings. The number of carbonyl (C=O) groups is 1. The van der Waals surface area contributed by atoms with Gasteiger partial charge in [0.15, 0.2) is 0 Å². The van der Waals surface area contributed by atoms with Crippen LogP contribution in [0.3, 0.4) is 0 Å². The summed E-state index contributed by atoms with van der Waals surface area (Å²) in [6.07, 6.45) is 3.48. The average molecular weight is 413 g/mol. The van der Waals surface area contributed by atoms with Gasteiger partial charge in [-0.25, -0.2) is 4.79 Å². The summed E-state index contributed by atoms with van der Waals surface area (Å²) >= 11 is 0. The predicted octanol–water partition coefficient (Wildman–Crippen LogP) is 2.93. The van der Waals surface area contributed by atoms with Crippen LogP contribution in [0.15, 0.2) is 0 Å². The van der Waals surface area contributed by atoms with E-state index in [2.05, 4.69) is 11.8 Å². The third kappa shape index (κ3) is 11.0. The molecule has 0 heterocycles. The molecule has 4 N–H and O–H groups in total. The fourth-order valence-electron chi connectivity index (χ4n) is 3.17. The van der Waals surface area contributed by atoms with Gasteiger partial charge in [0.2, 0.25) is 0 Å². The Labute approximate surface area is 162 Å². The molecule has 0 amide bonds. The van der Waals surface area contributed by atoms with Gasteiger partial charge in [-0.1, -0.05) is 65.2 Å². The van der Waals surface area contributed by atoms with Gasteiger partial charge in [-0.05, 0) is 19.3 Å². The molecule has 9 heteroatoms. The SMILES string of the molecule is CCCCCCCC(C(O)C(O)CC(CCCCC)C(=O)OO)S(=O)(=O)O. The van der Waals surface area contributed by atoms with Crippen molar-refractivity contribution < 1.29 is 38.1 Å². The summed E-state index contributed by atoms with van der Waals surface area (Å²) in [7, 11) is -4.56. The Bertz CT molecular complexity index is 494. The first-order valence-corrected chi connectivity index (χ1v) is 11.4. The fraction of sp³-hybridized carbons (Fsp3) is 0.944. The van der Waals surface area contributed by atoms with Crippen molar-refractivity contribution in [3.63, 3.8) is 0 Å². The summed E-state index contributed by atoms with van der Waals surface area (Å²) < 4.78 is 32.7. The lowest BCUT2D eigenvalue weighted by Gasteiger charge is -2.26. The molecule has 4 unspecified atom stereocenters. The number of rotatable bonds is 16. The minimum absolute atomic E-state index is 0.0196. The van der Waals surface area contributed by atoms with Crippen molar-refractivity contribution in [2.45, 2.75) is 102 Å². The molecule has 0 fully saturated rings. The molecule has 0 radical (unpaired) electrons. The van der Waals surface area contributed by atoms with Crippen molar-refractivity contribution in [2.24, 2.45) is 5.92 Å². The van der Waals surface area contributed by atoms with Gasteiger partial charge >= 0.3 is 5.97 Å². The lowest BCUT2D eigenvalue weighted by atomic mass is 9.91. The second kappa shape index (κ2) is 14.3. The normalized spacial score (nSPS) is 16.5. The Morgan fingerprint density at radius 2 is 1.44 bits per heavy atom. The summed E-state index contributed by atoms with van der Waals surface area (Å²) in [6.45, 7) is 4.03. The quantitative estimate of drug-likeness (QED) is 0.131. The van der Waals surface area contributed by atoms with E-state index in [1.807, 2.05) is 6.92 Å². The molecule has 0 saturated carbocycles. The first-order valence-electron chi connectivity index (χ1n) is 9.86. The van der Waals surface area contributed by atoms with Gasteiger partial charge in [0.05, 0.1) is 18.1 Å². The molecule has 0 aliphatic heterocycles. The van der Waals surface area contributed by atoms with E-state index < -0.39 is 39.5 Å². The van der Waals surface area contributed by atoms with Crippen LogP contribution in [-0.4, -0.2) is 51.9 Å². The molecule has 162 valence electrons. The molecule has 0 aromatic heterocycles. The van der Waals surface area contributed by atoms with Crippen LogP contribution in [0, 0.1) is 5.92 Å². The van der Waals surface area contributed by atoms with Crippen molar-refractivity contribution in [1.29, 1.82) is 0 Å². The summed E-state index contributed by atoms with van der Waals surface area (Å²) in [5.74, 6) is -1.79. The smallest absolute Gasteiger partial charge is 0.345 e. The average Bonchev–Trinajstić information content (AvgIpc) is 2.61. The largest absolute Gasteiger partial charge is 0.390 e. The van der Waals surface area contributed by atoms with Crippen molar-refractivity contribution >= 4 is 16.1 Å². The number of unbranched alkanes of at least 4 members (excludes halogenated alkanes) is 6. The predicted molar refractivity (Wildman–Crippen MR) is 102 cm³/mol. The highest BCUT2D eigenvalue weighted by Gasteiger charge is 2.37. The van der Waals surface area contributed by atoms with Gasteiger partial charge in [-0.3, -0.25) is 4.55 Å². The van der Waals surface area contributed by atoms with Gasteiger partial charge in [-0.2, -0.15) is 13.7 Å². The molecule has 0 aromatic rings. The minimum Gasteiger partial charge on any atom is -0.390 e. The fourth-order valence-corrected chi connectivity index (χ4v) is 4.17. The van der Waals surface area contributed by atoms with E-state index in [-0.39, 0.29) is 12.8 Å². The van der Waals surface area contributed by atoms with Crippen LogP contribution in [0.4, 0.5) is 0 Å². The summed E-state index contributed by atoms with van der Waals surface area (Å²) in [6, 6.07) is 0. The molecular weight excluding hydrogens is 376 g/mol. The molecule has 27 heavy (non-hydrogen) atoms. The maximum atomic E-state index is 11.7. The zero-order valence-electron chi connectivity index (χ0n) is 16.4. The molecule has 0 aliphatic carbocycles. The molecule has 0 aromatic carbocycles. The van der Waals surface area contributed by atoms with E-state index in [9.17, 15) is 28.0 Å². The van der Waals surface area contributed by atoms with Gasteiger partial charge in [0.1, 0.15) is 5.25 Å². The standard InChI is InChI=1S/C18H36O8S/c1-3-5-7-8-10-12-16(27(23,24)25)17(20)15(19)13-14(18(21)26-22)11-9-6-4-2/h14-17,19-20,22H,3-13H2,1-2H3,(H,23,24,25). The van der Waals surface area contributed by atoms with Crippen LogP contribution in [-0.2, 0) is 19.8 Å². The molecule has 0 rings (SSSR count). The lowest BCUT2D eigenvalue weighted by Crippen LogP contribution is -2.43. The van der Waals surface area contributed by atoms with E-state index in [0.717, 1.165) is 38.5 Å². The monoisotopic (exact) mass is 412 g/mol.